The molecule has 1 amide bonds. The molecular formula is C14H22N4O2. The van der Waals surface area contributed by atoms with Gasteiger partial charge in [0.1, 0.15) is 5.69 Å². The van der Waals surface area contributed by atoms with Crippen LogP contribution in [0.5, 0.6) is 0 Å². The molecule has 1 N–H and O–H groups in total. The molecule has 1 saturated heterocycles. The summed E-state index contributed by atoms with van der Waals surface area (Å²) in [6.45, 7) is 3.18. The summed E-state index contributed by atoms with van der Waals surface area (Å²) in [5.41, 5.74) is 0.429. The lowest BCUT2D eigenvalue weighted by atomic mass is 10.1. The smallest absolute Gasteiger partial charge is 0.270 e. The molecule has 0 aliphatic carbocycles. The Morgan fingerprint density at radius 2 is 2.20 bits per heavy atom. The molecule has 1 aliphatic heterocycles. The summed E-state index contributed by atoms with van der Waals surface area (Å²) < 4.78 is 4.94. The number of hydrogen-bond acceptors (Lipinski definition) is 5. The molecule has 2 rings (SSSR count). The molecule has 1 aliphatic rings. The maximum absolute atomic E-state index is 12.0. The molecule has 6 heteroatoms. The first kappa shape index (κ1) is 14.7. The van der Waals surface area contributed by atoms with Crippen LogP contribution in [0.25, 0.3) is 0 Å². The standard InChI is InChI=1S/C14H22N4O2/c1-20-11-5-7-15-13(19)12-6-8-16-14(17-12)18-9-3-2-4-10-18/h6,8H,2-5,7,9-11H2,1H3,(H,15,19). The summed E-state index contributed by atoms with van der Waals surface area (Å²) in [6, 6.07) is 1.65. The minimum Gasteiger partial charge on any atom is -0.385 e. The minimum absolute atomic E-state index is 0.151. The maximum Gasteiger partial charge on any atom is 0.270 e. The van der Waals surface area contributed by atoms with Crippen molar-refractivity contribution >= 4 is 11.9 Å². The van der Waals surface area contributed by atoms with E-state index in [4.69, 9.17) is 4.74 Å². The maximum atomic E-state index is 12.0. The fourth-order valence-corrected chi connectivity index (χ4v) is 2.23. The van der Waals surface area contributed by atoms with Gasteiger partial charge in [0.05, 0.1) is 0 Å². The van der Waals surface area contributed by atoms with E-state index >= 15 is 0 Å². The first-order valence-corrected chi connectivity index (χ1v) is 7.16. The van der Waals surface area contributed by atoms with E-state index in [0.717, 1.165) is 32.4 Å². The van der Waals surface area contributed by atoms with Crippen LogP contribution in [0.2, 0.25) is 0 Å². The van der Waals surface area contributed by atoms with Crippen molar-refractivity contribution in [3.8, 4) is 0 Å². The van der Waals surface area contributed by atoms with Gasteiger partial charge in [-0.25, -0.2) is 9.97 Å². The van der Waals surface area contributed by atoms with E-state index in [-0.39, 0.29) is 5.91 Å². The quantitative estimate of drug-likeness (QED) is 0.793. The molecule has 1 aromatic rings. The van der Waals surface area contributed by atoms with E-state index in [1.54, 1.807) is 19.4 Å². The van der Waals surface area contributed by atoms with Crippen molar-refractivity contribution in [3.05, 3.63) is 18.0 Å². The highest BCUT2D eigenvalue weighted by Gasteiger charge is 2.15. The molecule has 110 valence electrons. The zero-order valence-electron chi connectivity index (χ0n) is 12.0. The Morgan fingerprint density at radius 1 is 1.40 bits per heavy atom. The monoisotopic (exact) mass is 278 g/mol. The third-order valence-corrected chi connectivity index (χ3v) is 3.33. The van der Waals surface area contributed by atoms with E-state index in [0.29, 0.717) is 24.8 Å². The summed E-state index contributed by atoms with van der Waals surface area (Å²) in [7, 11) is 1.65. The molecule has 0 bridgehead atoms. The Morgan fingerprint density at radius 3 is 2.95 bits per heavy atom. The number of amides is 1. The highest BCUT2D eigenvalue weighted by atomic mass is 16.5. The average molecular weight is 278 g/mol. The molecule has 0 saturated carbocycles. The van der Waals surface area contributed by atoms with Crippen LogP contribution in [0.4, 0.5) is 5.95 Å². The SMILES string of the molecule is COCCCNC(=O)c1ccnc(N2CCCCC2)n1. The molecule has 1 fully saturated rings. The fourth-order valence-electron chi connectivity index (χ4n) is 2.23. The Kier molecular flexibility index (Phi) is 5.73. The second-order valence-electron chi connectivity index (χ2n) is 4.89. The predicted octanol–water partition coefficient (Wildman–Crippen LogP) is 1.23. The molecule has 2 heterocycles. The fraction of sp³-hybridized carbons (Fsp3) is 0.643. The third-order valence-electron chi connectivity index (χ3n) is 3.33. The van der Waals surface area contributed by atoms with Gasteiger partial charge in [-0.3, -0.25) is 4.79 Å². The number of aromatic nitrogens is 2. The number of carbonyl (C=O) groups is 1. The Labute approximate surface area is 119 Å². The van der Waals surface area contributed by atoms with Gasteiger partial charge in [-0.2, -0.15) is 0 Å². The summed E-state index contributed by atoms with van der Waals surface area (Å²) in [6.07, 6.45) is 6.04. The van der Waals surface area contributed by atoms with Gasteiger partial charge in [0, 0.05) is 39.5 Å². The van der Waals surface area contributed by atoms with E-state index in [1.807, 2.05) is 0 Å². The van der Waals surface area contributed by atoms with Crippen LogP contribution in [-0.2, 0) is 4.74 Å². The molecule has 0 spiro atoms. The van der Waals surface area contributed by atoms with Crippen molar-refractivity contribution in [2.45, 2.75) is 25.7 Å². The van der Waals surface area contributed by atoms with Gasteiger partial charge in [-0.05, 0) is 31.7 Å². The van der Waals surface area contributed by atoms with Crippen LogP contribution in [-0.4, -0.2) is 49.2 Å². The first-order chi connectivity index (χ1) is 9.81. The molecule has 0 unspecified atom stereocenters. The molecule has 0 atom stereocenters. The van der Waals surface area contributed by atoms with Crippen molar-refractivity contribution in [1.29, 1.82) is 0 Å². The van der Waals surface area contributed by atoms with Crippen molar-refractivity contribution in [2.24, 2.45) is 0 Å². The molecule has 0 aromatic carbocycles. The van der Waals surface area contributed by atoms with Crippen molar-refractivity contribution in [2.75, 3.05) is 38.3 Å². The van der Waals surface area contributed by atoms with Crippen LogP contribution in [0.1, 0.15) is 36.2 Å². The lowest BCUT2D eigenvalue weighted by Crippen LogP contribution is -2.32. The number of nitrogens with one attached hydrogen (secondary N) is 1. The summed E-state index contributed by atoms with van der Waals surface area (Å²) >= 11 is 0. The zero-order chi connectivity index (χ0) is 14.2. The molecule has 1 aromatic heterocycles. The van der Waals surface area contributed by atoms with E-state index in [2.05, 4.69) is 20.2 Å². The van der Waals surface area contributed by atoms with Gasteiger partial charge in [0.2, 0.25) is 5.95 Å². The topological polar surface area (TPSA) is 67.3 Å². The van der Waals surface area contributed by atoms with Gasteiger partial charge in [-0.1, -0.05) is 0 Å². The number of piperidine rings is 1. The second kappa shape index (κ2) is 7.79. The van der Waals surface area contributed by atoms with Crippen LogP contribution in [0, 0.1) is 0 Å². The largest absolute Gasteiger partial charge is 0.385 e. The summed E-state index contributed by atoms with van der Waals surface area (Å²) in [5, 5.41) is 2.84. The number of nitrogens with zero attached hydrogens (tertiary/aromatic N) is 3. The number of ether oxygens (including phenoxy) is 1. The van der Waals surface area contributed by atoms with Gasteiger partial charge < -0.3 is 15.0 Å². The minimum atomic E-state index is -0.151. The van der Waals surface area contributed by atoms with Crippen molar-refractivity contribution in [1.82, 2.24) is 15.3 Å². The van der Waals surface area contributed by atoms with Crippen LogP contribution >= 0.6 is 0 Å². The first-order valence-electron chi connectivity index (χ1n) is 7.16. The van der Waals surface area contributed by atoms with E-state index in [1.165, 1.54) is 6.42 Å². The van der Waals surface area contributed by atoms with Gasteiger partial charge >= 0.3 is 0 Å². The van der Waals surface area contributed by atoms with Gasteiger partial charge in [0.25, 0.3) is 5.91 Å². The Balaban J connectivity index is 1.92. The van der Waals surface area contributed by atoms with E-state index < -0.39 is 0 Å². The van der Waals surface area contributed by atoms with Crippen LogP contribution in [0.3, 0.4) is 0 Å². The zero-order valence-corrected chi connectivity index (χ0v) is 12.0. The normalized spacial score (nSPS) is 15.2. The average Bonchev–Trinajstić information content (AvgIpc) is 2.52. The number of anilines is 1. The number of rotatable bonds is 6. The number of hydrogen-bond donors (Lipinski definition) is 1. The second-order valence-corrected chi connectivity index (χ2v) is 4.89. The van der Waals surface area contributed by atoms with Crippen molar-refractivity contribution in [3.63, 3.8) is 0 Å². The number of methoxy groups -OCH3 is 1. The van der Waals surface area contributed by atoms with Crippen LogP contribution in [0.15, 0.2) is 12.3 Å². The lowest BCUT2D eigenvalue weighted by molar-refractivity contribution is 0.0943. The van der Waals surface area contributed by atoms with Crippen molar-refractivity contribution < 1.29 is 9.53 Å². The highest BCUT2D eigenvalue weighted by Crippen LogP contribution is 2.15. The summed E-state index contributed by atoms with van der Waals surface area (Å²) in [5.74, 6) is 0.510. The van der Waals surface area contributed by atoms with E-state index in [9.17, 15) is 4.79 Å². The highest BCUT2D eigenvalue weighted by molar-refractivity contribution is 5.92. The Hall–Kier alpha value is -1.69. The lowest BCUT2D eigenvalue weighted by Gasteiger charge is -2.26. The Bertz CT molecular complexity index is 433. The molecule has 20 heavy (non-hydrogen) atoms. The molecule has 0 radical (unpaired) electrons. The number of carbonyl (C=O) groups excluding carboxylic acids is 1. The molecular weight excluding hydrogens is 256 g/mol. The summed E-state index contributed by atoms with van der Waals surface area (Å²) in [4.78, 5) is 22.8. The third kappa shape index (κ3) is 4.16. The van der Waals surface area contributed by atoms with Crippen LogP contribution < -0.4 is 10.2 Å². The van der Waals surface area contributed by atoms with Gasteiger partial charge in [-0.15, -0.1) is 0 Å². The molecule has 6 nitrogen and oxygen atoms in total. The predicted molar refractivity (Wildman–Crippen MR) is 76.9 cm³/mol. The van der Waals surface area contributed by atoms with Gasteiger partial charge in [0.15, 0.2) is 0 Å².